The van der Waals surface area contributed by atoms with Gasteiger partial charge in [-0.2, -0.15) is 0 Å². The Balaban J connectivity index is 1.40. The minimum atomic E-state index is -0.930. The van der Waals surface area contributed by atoms with Gasteiger partial charge in [-0.3, -0.25) is 34.3 Å². The zero-order valence-corrected chi connectivity index (χ0v) is 16.3. The van der Waals surface area contributed by atoms with Crippen molar-refractivity contribution >= 4 is 23.6 Å². The molecule has 1 aromatic rings. The van der Waals surface area contributed by atoms with E-state index in [0.717, 1.165) is 29.3 Å². The summed E-state index contributed by atoms with van der Waals surface area (Å²) in [6, 6.07) is 5.29. The van der Waals surface area contributed by atoms with Crippen molar-refractivity contribution in [3.05, 3.63) is 34.9 Å². The molecule has 1 saturated carbocycles. The maximum Gasteiger partial charge on any atom is 0.262 e. The fraction of sp³-hybridized carbons (Fsp3) is 0.524. The number of fused-ring (bicyclic) bond motifs is 3. The molecule has 1 aromatic carbocycles. The third kappa shape index (κ3) is 2.89. The molecule has 1 aliphatic carbocycles. The largest absolute Gasteiger partial charge is 0.312 e. The van der Waals surface area contributed by atoms with Gasteiger partial charge in [0.15, 0.2) is 0 Å². The van der Waals surface area contributed by atoms with Gasteiger partial charge in [0.25, 0.3) is 11.8 Å². The molecule has 8 heteroatoms. The Morgan fingerprint density at radius 3 is 2.66 bits per heavy atom. The van der Waals surface area contributed by atoms with Crippen LogP contribution in [0.3, 0.4) is 0 Å². The van der Waals surface area contributed by atoms with E-state index < -0.39 is 23.8 Å². The number of imide groups is 2. The summed E-state index contributed by atoms with van der Waals surface area (Å²) in [6.45, 7) is 1.66. The highest BCUT2D eigenvalue weighted by Gasteiger charge is 2.46. The van der Waals surface area contributed by atoms with Gasteiger partial charge in [-0.15, -0.1) is 0 Å². The van der Waals surface area contributed by atoms with Gasteiger partial charge in [-0.05, 0) is 50.4 Å². The van der Waals surface area contributed by atoms with Crippen LogP contribution in [0.4, 0.5) is 0 Å². The fourth-order valence-electron chi connectivity index (χ4n) is 5.41. The van der Waals surface area contributed by atoms with Crippen molar-refractivity contribution < 1.29 is 19.2 Å². The molecule has 2 saturated heterocycles. The number of hydrogen-bond donors (Lipinski definition) is 2. The summed E-state index contributed by atoms with van der Waals surface area (Å²) in [4.78, 5) is 53.1. The number of amides is 4. The van der Waals surface area contributed by atoms with Crippen LogP contribution in [0.1, 0.15) is 52.0 Å². The summed E-state index contributed by atoms with van der Waals surface area (Å²) in [6.07, 6.45) is 2.64. The first-order chi connectivity index (χ1) is 13.9. The molecule has 3 aliphatic heterocycles. The first-order valence-corrected chi connectivity index (χ1v) is 10.2. The van der Waals surface area contributed by atoms with Crippen molar-refractivity contribution in [3.8, 4) is 0 Å². The lowest BCUT2D eigenvalue weighted by molar-refractivity contribution is -0.136. The molecule has 0 spiro atoms. The van der Waals surface area contributed by atoms with Crippen LogP contribution in [-0.4, -0.2) is 65.1 Å². The van der Waals surface area contributed by atoms with Crippen LogP contribution >= 0.6 is 0 Å². The number of carbonyl (C=O) groups is 4. The fourth-order valence-corrected chi connectivity index (χ4v) is 5.41. The number of piperidine rings is 2. The highest BCUT2D eigenvalue weighted by molar-refractivity contribution is 6.24. The molecule has 0 aromatic heterocycles. The lowest BCUT2D eigenvalue weighted by atomic mass is 10.0. The molecule has 2 N–H and O–H groups in total. The van der Waals surface area contributed by atoms with E-state index in [2.05, 4.69) is 22.6 Å². The normalized spacial score (nSPS) is 31.0. The van der Waals surface area contributed by atoms with Gasteiger partial charge in [0.05, 0.1) is 11.1 Å². The molecule has 4 amide bonds. The van der Waals surface area contributed by atoms with Crippen molar-refractivity contribution in [2.75, 3.05) is 13.6 Å². The number of nitrogens with zero attached hydrogens (tertiary/aromatic N) is 2. The molecule has 3 fully saturated rings. The molecule has 8 nitrogen and oxygen atoms in total. The molecular weight excluding hydrogens is 372 g/mol. The van der Waals surface area contributed by atoms with E-state index in [4.69, 9.17) is 0 Å². The molecule has 4 atom stereocenters. The van der Waals surface area contributed by atoms with Gasteiger partial charge in [-0.25, -0.2) is 0 Å². The zero-order valence-electron chi connectivity index (χ0n) is 16.3. The highest BCUT2D eigenvalue weighted by Crippen LogP contribution is 2.36. The van der Waals surface area contributed by atoms with Crippen LogP contribution < -0.4 is 10.6 Å². The minimum Gasteiger partial charge on any atom is -0.312 e. The predicted octanol–water partition coefficient (Wildman–Crippen LogP) is 0.270. The monoisotopic (exact) mass is 396 g/mol. The van der Waals surface area contributed by atoms with E-state index in [1.807, 2.05) is 6.07 Å². The number of nitrogens with one attached hydrogen (secondary N) is 2. The number of rotatable bonds is 4. The van der Waals surface area contributed by atoms with Gasteiger partial charge < -0.3 is 5.32 Å². The predicted molar refractivity (Wildman–Crippen MR) is 103 cm³/mol. The Labute approximate surface area is 168 Å². The number of likely N-dealkylation sites (N-methyl/N-ethyl adjacent to an activating group) is 1. The lowest BCUT2D eigenvalue weighted by Crippen LogP contribution is -2.54. The molecule has 152 valence electrons. The number of hydrogen-bond acceptors (Lipinski definition) is 6. The molecule has 5 rings (SSSR count). The van der Waals surface area contributed by atoms with Gasteiger partial charge in [0, 0.05) is 25.0 Å². The van der Waals surface area contributed by atoms with Crippen LogP contribution in [0, 0.1) is 5.92 Å². The van der Waals surface area contributed by atoms with Crippen molar-refractivity contribution in [2.45, 2.75) is 50.4 Å². The summed E-state index contributed by atoms with van der Waals surface area (Å²) < 4.78 is 0. The van der Waals surface area contributed by atoms with Gasteiger partial charge in [0.2, 0.25) is 11.8 Å². The lowest BCUT2D eigenvalue weighted by Gasteiger charge is -2.32. The first kappa shape index (κ1) is 18.4. The van der Waals surface area contributed by atoms with Crippen LogP contribution in [0.25, 0.3) is 0 Å². The Hall–Kier alpha value is -2.58. The van der Waals surface area contributed by atoms with E-state index in [1.165, 1.54) is 6.42 Å². The average Bonchev–Trinajstić information content (AvgIpc) is 3.38. The van der Waals surface area contributed by atoms with Crippen LogP contribution in [0.15, 0.2) is 18.2 Å². The van der Waals surface area contributed by atoms with Crippen LogP contribution in [0.2, 0.25) is 0 Å². The Kier molecular flexibility index (Phi) is 4.29. The summed E-state index contributed by atoms with van der Waals surface area (Å²) >= 11 is 0. The first-order valence-electron chi connectivity index (χ1n) is 10.2. The van der Waals surface area contributed by atoms with E-state index in [9.17, 15) is 19.2 Å². The zero-order chi connectivity index (χ0) is 20.3. The smallest absolute Gasteiger partial charge is 0.262 e. The van der Waals surface area contributed by atoms with Gasteiger partial charge in [-0.1, -0.05) is 12.1 Å². The molecule has 3 heterocycles. The molecule has 2 bridgehead atoms. The Morgan fingerprint density at radius 2 is 1.97 bits per heavy atom. The Bertz CT molecular complexity index is 929. The molecule has 1 unspecified atom stereocenters. The minimum absolute atomic E-state index is 0.122. The second-order valence-electron chi connectivity index (χ2n) is 8.62. The summed E-state index contributed by atoms with van der Waals surface area (Å²) in [7, 11) is 2.06. The summed E-state index contributed by atoms with van der Waals surface area (Å²) in [5, 5.41) is 5.79. The van der Waals surface area contributed by atoms with Crippen LogP contribution in [-0.2, 0) is 16.1 Å². The van der Waals surface area contributed by atoms with E-state index >= 15 is 0 Å². The quantitative estimate of drug-likeness (QED) is 0.709. The van der Waals surface area contributed by atoms with E-state index in [1.54, 1.807) is 12.1 Å². The van der Waals surface area contributed by atoms with Gasteiger partial charge in [0.1, 0.15) is 6.04 Å². The third-order valence-electron chi connectivity index (χ3n) is 6.84. The van der Waals surface area contributed by atoms with Crippen molar-refractivity contribution in [1.82, 2.24) is 20.4 Å². The van der Waals surface area contributed by atoms with Gasteiger partial charge >= 0.3 is 0 Å². The molecular formula is C21H24N4O4. The van der Waals surface area contributed by atoms with Crippen molar-refractivity contribution in [2.24, 2.45) is 5.92 Å². The van der Waals surface area contributed by atoms with Crippen molar-refractivity contribution in [3.63, 3.8) is 0 Å². The van der Waals surface area contributed by atoms with Crippen molar-refractivity contribution in [1.29, 1.82) is 0 Å². The third-order valence-corrected chi connectivity index (χ3v) is 6.84. The number of carbonyl (C=O) groups excluding carboxylic acids is 4. The SMILES string of the molecule is CN(Cc1cccc2c1C(=O)N(C1CCC(=O)NC1=O)C2=O)[C@@H]1C[C@@H]2CN[C@H]1C2. The number of benzene rings is 1. The maximum atomic E-state index is 13.2. The van der Waals surface area contributed by atoms with E-state index in [-0.39, 0.29) is 18.7 Å². The second-order valence-corrected chi connectivity index (χ2v) is 8.62. The van der Waals surface area contributed by atoms with Crippen LogP contribution in [0.5, 0.6) is 0 Å². The topological polar surface area (TPSA) is 98.8 Å². The maximum absolute atomic E-state index is 13.2. The second kappa shape index (κ2) is 6.74. The molecule has 29 heavy (non-hydrogen) atoms. The standard InChI is InChI=1S/C21H24N4O4/c1-24(16-8-11-7-14(16)22-9-11)10-12-3-2-4-13-18(12)21(29)25(20(13)28)15-5-6-17(26)23-19(15)27/h2-4,11,14-16,22H,5-10H2,1H3,(H,23,26,27)/t11-,14+,15?,16-/m1/s1. The highest BCUT2D eigenvalue weighted by atomic mass is 16.2. The average molecular weight is 396 g/mol. The van der Waals surface area contributed by atoms with E-state index in [0.29, 0.717) is 29.8 Å². The molecule has 0 radical (unpaired) electrons. The molecule has 4 aliphatic rings. The summed E-state index contributed by atoms with van der Waals surface area (Å²) in [5.74, 6) is -1.12. The summed E-state index contributed by atoms with van der Waals surface area (Å²) in [5.41, 5.74) is 1.54. The Morgan fingerprint density at radius 1 is 1.14 bits per heavy atom.